The summed E-state index contributed by atoms with van der Waals surface area (Å²) in [5, 5.41) is 0. The molecule has 0 radical (unpaired) electrons. The van der Waals surface area contributed by atoms with Crippen LogP contribution in [0, 0.1) is 0 Å². The summed E-state index contributed by atoms with van der Waals surface area (Å²) < 4.78 is 10.8. The lowest BCUT2D eigenvalue weighted by atomic mass is 9.97. The summed E-state index contributed by atoms with van der Waals surface area (Å²) in [7, 11) is 3.49. The van der Waals surface area contributed by atoms with Gasteiger partial charge in [0.05, 0.1) is 13.7 Å². The van der Waals surface area contributed by atoms with E-state index in [0.717, 1.165) is 24.3 Å². The smallest absolute Gasteiger partial charge is 0.223 e. The van der Waals surface area contributed by atoms with E-state index in [1.807, 2.05) is 31.3 Å². The maximum Gasteiger partial charge on any atom is 0.223 e. The van der Waals surface area contributed by atoms with Crippen LogP contribution in [0.1, 0.15) is 29.9 Å². The number of nitrogens with zero attached hydrogens (tertiary/aromatic N) is 1. The Morgan fingerprint density at radius 3 is 2.60 bits per heavy atom. The van der Waals surface area contributed by atoms with Crippen molar-refractivity contribution in [2.24, 2.45) is 0 Å². The SMILES string of the molecule is COc1ccc(OCCN(C)C(=O)CC2CCc3ccccc32)cc1. The highest BCUT2D eigenvalue weighted by atomic mass is 16.5. The average Bonchev–Trinajstić information content (AvgIpc) is 3.05. The number of ether oxygens (including phenoxy) is 2. The molecule has 0 heterocycles. The van der Waals surface area contributed by atoms with Crippen molar-refractivity contribution in [1.82, 2.24) is 4.90 Å². The van der Waals surface area contributed by atoms with Gasteiger partial charge in [-0.25, -0.2) is 0 Å². The van der Waals surface area contributed by atoms with Crippen LogP contribution in [0.15, 0.2) is 48.5 Å². The molecule has 1 aliphatic carbocycles. The van der Waals surface area contributed by atoms with Gasteiger partial charge in [-0.2, -0.15) is 0 Å². The lowest BCUT2D eigenvalue weighted by Crippen LogP contribution is -2.31. The molecule has 0 aliphatic heterocycles. The minimum Gasteiger partial charge on any atom is -0.497 e. The number of methoxy groups -OCH3 is 1. The van der Waals surface area contributed by atoms with Crippen molar-refractivity contribution in [3.8, 4) is 11.5 Å². The fourth-order valence-corrected chi connectivity index (χ4v) is 3.32. The van der Waals surface area contributed by atoms with Crippen LogP contribution in [0.3, 0.4) is 0 Å². The van der Waals surface area contributed by atoms with Gasteiger partial charge in [-0.05, 0) is 54.2 Å². The van der Waals surface area contributed by atoms with Gasteiger partial charge in [0.25, 0.3) is 0 Å². The Morgan fingerprint density at radius 2 is 1.84 bits per heavy atom. The van der Waals surface area contributed by atoms with E-state index in [9.17, 15) is 4.79 Å². The van der Waals surface area contributed by atoms with E-state index in [0.29, 0.717) is 25.5 Å². The predicted molar refractivity (Wildman–Crippen MR) is 98.2 cm³/mol. The third kappa shape index (κ3) is 4.32. The van der Waals surface area contributed by atoms with Crippen molar-refractivity contribution in [2.75, 3.05) is 27.3 Å². The van der Waals surface area contributed by atoms with Gasteiger partial charge in [-0.3, -0.25) is 4.79 Å². The van der Waals surface area contributed by atoms with Gasteiger partial charge in [0.2, 0.25) is 5.91 Å². The van der Waals surface area contributed by atoms with Crippen LogP contribution in [0.4, 0.5) is 0 Å². The normalized spacial score (nSPS) is 15.5. The molecule has 2 aromatic carbocycles. The molecule has 2 aromatic rings. The molecule has 132 valence electrons. The van der Waals surface area contributed by atoms with E-state index in [2.05, 4.69) is 24.3 Å². The number of amides is 1. The second-order valence-corrected chi connectivity index (χ2v) is 6.48. The molecule has 25 heavy (non-hydrogen) atoms. The molecule has 0 N–H and O–H groups in total. The molecule has 3 rings (SSSR count). The van der Waals surface area contributed by atoms with Crippen molar-refractivity contribution in [1.29, 1.82) is 0 Å². The van der Waals surface area contributed by atoms with Crippen molar-refractivity contribution in [2.45, 2.75) is 25.2 Å². The Hall–Kier alpha value is -2.49. The Kier molecular flexibility index (Phi) is 5.59. The summed E-state index contributed by atoms with van der Waals surface area (Å²) in [5.41, 5.74) is 2.74. The molecule has 0 saturated heterocycles. The molecule has 0 saturated carbocycles. The molecule has 1 unspecified atom stereocenters. The minimum absolute atomic E-state index is 0.181. The quantitative estimate of drug-likeness (QED) is 0.773. The van der Waals surface area contributed by atoms with E-state index in [4.69, 9.17) is 9.47 Å². The van der Waals surface area contributed by atoms with E-state index in [-0.39, 0.29) is 5.91 Å². The minimum atomic E-state index is 0.181. The Bertz CT molecular complexity index is 711. The largest absolute Gasteiger partial charge is 0.497 e. The number of fused-ring (bicyclic) bond motifs is 1. The number of rotatable bonds is 7. The molecule has 4 nitrogen and oxygen atoms in total. The monoisotopic (exact) mass is 339 g/mol. The standard InChI is InChI=1S/C21H25NO3/c1-22(13-14-25-19-11-9-18(24-2)10-12-19)21(23)15-17-8-7-16-5-3-4-6-20(16)17/h3-6,9-12,17H,7-8,13-15H2,1-2H3. The highest BCUT2D eigenvalue weighted by Crippen LogP contribution is 2.35. The zero-order valence-corrected chi connectivity index (χ0v) is 14.9. The third-order valence-electron chi connectivity index (χ3n) is 4.86. The molecular formula is C21H25NO3. The third-order valence-corrected chi connectivity index (χ3v) is 4.86. The summed E-state index contributed by atoms with van der Waals surface area (Å²) in [6, 6.07) is 15.9. The van der Waals surface area contributed by atoms with Gasteiger partial charge in [0, 0.05) is 13.5 Å². The first-order chi connectivity index (χ1) is 12.2. The highest BCUT2D eigenvalue weighted by molar-refractivity contribution is 5.77. The van der Waals surface area contributed by atoms with E-state index < -0.39 is 0 Å². The first kappa shape index (κ1) is 17.3. The molecule has 0 spiro atoms. The molecule has 0 fully saturated rings. The van der Waals surface area contributed by atoms with Crippen LogP contribution in [-0.4, -0.2) is 38.1 Å². The van der Waals surface area contributed by atoms with Crippen LogP contribution in [0.2, 0.25) is 0 Å². The van der Waals surface area contributed by atoms with E-state index in [1.54, 1.807) is 12.0 Å². The van der Waals surface area contributed by atoms with Gasteiger partial charge in [0.1, 0.15) is 18.1 Å². The van der Waals surface area contributed by atoms with Crippen LogP contribution < -0.4 is 9.47 Å². The maximum absolute atomic E-state index is 12.5. The number of hydrogen-bond acceptors (Lipinski definition) is 3. The van der Waals surface area contributed by atoms with E-state index >= 15 is 0 Å². The summed E-state index contributed by atoms with van der Waals surface area (Å²) >= 11 is 0. The molecule has 1 amide bonds. The number of hydrogen-bond donors (Lipinski definition) is 0. The van der Waals surface area contributed by atoms with Crippen molar-refractivity contribution >= 4 is 5.91 Å². The number of benzene rings is 2. The highest BCUT2D eigenvalue weighted by Gasteiger charge is 2.25. The molecule has 1 aliphatic rings. The second kappa shape index (κ2) is 8.06. The Morgan fingerprint density at radius 1 is 1.12 bits per heavy atom. The predicted octanol–water partition coefficient (Wildman–Crippen LogP) is 3.65. The van der Waals surface area contributed by atoms with Crippen molar-refractivity contribution < 1.29 is 14.3 Å². The molecule has 1 atom stereocenters. The summed E-state index contributed by atoms with van der Waals surface area (Å²) in [6.45, 7) is 1.06. The Labute approximate surface area is 149 Å². The number of carbonyl (C=O) groups excluding carboxylic acids is 1. The van der Waals surface area contributed by atoms with Crippen LogP contribution >= 0.6 is 0 Å². The average molecular weight is 339 g/mol. The lowest BCUT2D eigenvalue weighted by molar-refractivity contribution is -0.130. The number of carbonyl (C=O) groups is 1. The van der Waals surface area contributed by atoms with Gasteiger partial charge in [-0.1, -0.05) is 24.3 Å². The van der Waals surface area contributed by atoms with Gasteiger partial charge < -0.3 is 14.4 Å². The van der Waals surface area contributed by atoms with Crippen LogP contribution in [-0.2, 0) is 11.2 Å². The molecule has 0 aromatic heterocycles. The van der Waals surface area contributed by atoms with Crippen molar-refractivity contribution in [3.05, 3.63) is 59.7 Å². The topological polar surface area (TPSA) is 38.8 Å². The van der Waals surface area contributed by atoms with Crippen molar-refractivity contribution in [3.63, 3.8) is 0 Å². The zero-order valence-electron chi connectivity index (χ0n) is 14.9. The van der Waals surface area contributed by atoms with E-state index in [1.165, 1.54) is 11.1 Å². The van der Waals surface area contributed by atoms with Gasteiger partial charge in [0.15, 0.2) is 0 Å². The first-order valence-corrected chi connectivity index (χ1v) is 8.76. The summed E-state index contributed by atoms with van der Waals surface area (Å²) in [6.07, 6.45) is 2.73. The van der Waals surface area contributed by atoms with Gasteiger partial charge in [-0.15, -0.1) is 0 Å². The zero-order chi connectivity index (χ0) is 17.6. The number of aryl methyl sites for hydroxylation is 1. The van der Waals surface area contributed by atoms with Gasteiger partial charge >= 0.3 is 0 Å². The fourth-order valence-electron chi connectivity index (χ4n) is 3.32. The molecule has 4 heteroatoms. The number of likely N-dealkylation sites (N-methyl/N-ethyl adjacent to an activating group) is 1. The van der Waals surface area contributed by atoms with Crippen LogP contribution in [0.5, 0.6) is 11.5 Å². The first-order valence-electron chi connectivity index (χ1n) is 8.76. The Balaban J connectivity index is 1.45. The summed E-state index contributed by atoms with van der Waals surface area (Å²) in [4.78, 5) is 14.3. The second-order valence-electron chi connectivity index (χ2n) is 6.48. The lowest BCUT2D eigenvalue weighted by Gasteiger charge is -2.20. The summed E-state index contributed by atoms with van der Waals surface area (Å²) in [5.74, 6) is 2.12. The maximum atomic E-state index is 12.5. The van der Waals surface area contributed by atoms with Crippen LogP contribution in [0.25, 0.3) is 0 Å². The molecular weight excluding hydrogens is 314 g/mol. The molecule has 0 bridgehead atoms. The fraction of sp³-hybridized carbons (Fsp3) is 0.381.